The van der Waals surface area contributed by atoms with Crippen LogP contribution in [0.1, 0.15) is 24.0 Å². The highest BCUT2D eigenvalue weighted by Gasteiger charge is 2.38. The Morgan fingerprint density at radius 1 is 0.946 bits per heavy atom. The van der Waals surface area contributed by atoms with Gasteiger partial charge in [-0.05, 0) is 42.5 Å². The number of carboxylic acids is 1. The molecule has 0 aliphatic carbocycles. The number of aliphatic hydroxyl groups excluding tert-OH is 1. The highest BCUT2D eigenvalue weighted by atomic mass is 16.4. The number of benzene rings is 2. The second kappa shape index (κ2) is 12.8. The minimum atomic E-state index is -1.40. The molecule has 3 amide bonds. The molecule has 1 aliphatic heterocycles. The number of nitrogens with one attached hydrogen (secondary N) is 2. The number of hydrogen-bond acceptors (Lipinski definition) is 7. The van der Waals surface area contributed by atoms with Gasteiger partial charge < -0.3 is 36.6 Å². The van der Waals surface area contributed by atoms with E-state index in [4.69, 9.17) is 5.73 Å². The topological polar surface area (TPSA) is 182 Å². The fourth-order valence-electron chi connectivity index (χ4n) is 4.27. The van der Waals surface area contributed by atoms with E-state index in [-0.39, 0.29) is 18.6 Å². The third-order valence-corrected chi connectivity index (χ3v) is 6.26. The number of aliphatic carboxylic acids is 1. The molecular weight excluding hydrogens is 480 g/mol. The highest BCUT2D eigenvalue weighted by molar-refractivity contribution is 5.94. The van der Waals surface area contributed by atoms with Crippen LogP contribution in [0.2, 0.25) is 0 Å². The number of likely N-dealkylation sites (tertiary alicyclic amines) is 1. The lowest BCUT2D eigenvalue weighted by atomic mass is 10.0. The molecule has 1 heterocycles. The molecule has 4 atom stereocenters. The Kier molecular flexibility index (Phi) is 9.58. The largest absolute Gasteiger partial charge is 0.508 e. The Bertz CT molecular complexity index is 1090. The molecule has 1 fully saturated rings. The van der Waals surface area contributed by atoms with Gasteiger partial charge in [0.25, 0.3) is 0 Å². The molecule has 37 heavy (non-hydrogen) atoms. The summed E-state index contributed by atoms with van der Waals surface area (Å²) in [6.07, 6.45) is 1.15. The van der Waals surface area contributed by atoms with Gasteiger partial charge in [-0.3, -0.25) is 14.4 Å². The van der Waals surface area contributed by atoms with Gasteiger partial charge in [0.2, 0.25) is 17.7 Å². The summed E-state index contributed by atoms with van der Waals surface area (Å²) in [4.78, 5) is 51.7. The van der Waals surface area contributed by atoms with E-state index in [0.717, 1.165) is 5.56 Å². The van der Waals surface area contributed by atoms with Crippen molar-refractivity contribution in [2.75, 3.05) is 13.2 Å². The summed E-state index contributed by atoms with van der Waals surface area (Å²) in [6, 6.07) is 10.6. The fraction of sp³-hybridized carbons (Fsp3) is 0.385. The van der Waals surface area contributed by atoms with E-state index >= 15 is 0 Å². The van der Waals surface area contributed by atoms with Crippen molar-refractivity contribution in [3.05, 3.63) is 65.7 Å². The van der Waals surface area contributed by atoms with Crippen LogP contribution in [-0.4, -0.2) is 81.2 Å². The lowest BCUT2D eigenvalue weighted by molar-refractivity contribution is -0.143. The van der Waals surface area contributed by atoms with Gasteiger partial charge in [0.05, 0.1) is 12.6 Å². The summed E-state index contributed by atoms with van der Waals surface area (Å²) >= 11 is 0. The normalized spacial score (nSPS) is 17.5. The predicted octanol–water partition coefficient (Wildman–Crippen LogP) is -0.458. The molecule has 4 unspecified atom stereocenters. The van der Waals surface area contributed by atoms with Crippen molar-refractivity contribution >= 4 is 23.7 Å². The number of aromatic hydroxyl groups is 1. The van der Waals surface area contributed by atoms with Gasteiger partial charge in [-0.25, -0.2) is 4.79 Å². The number of rotatable bonds is 11. The van der Waals surface area contributed by atoms with Gasteiger partial charge >= 0.3 is 5.97 Å². The number of carbonyl (C=O) groups excluding carboxylic acids is 3. The van der Waals surface area contributed by atoms with E-state index in [0.29, 0.717) is 24.9 Å². The number of nitrogens with two attached hydrogens (primary N) is 1. The van der Waals surface area contributed by atoms with Crippen LogP contribution in [0.3, 0.4) is 0 Å². The first-order valence-electron chi connectivity index (χ1n) is 12.0. The number of carboxylic acid groups (broad SMARTS) is 1. The van der Waals surface area contributed by atoms with E-state index in [1.807, 2.05) is 0 Å². The van der Waals surface area contributed by atoms with Crippen molar-refractivity contribution in [2.45, 2.75) is 49.9 Å². The summed E-state index contributed by atoms with van der Waals surface area (Å²) in [5.41, 5.74) is 7.55. The molecule has 11 nitrogen and oxygen atoms in total. The van der Waals surface area contributed by atoms with Gasteiger partial charge in [0, 0.05) is 13.0 Å². The second-order valence-corrected chi connectivity index (χ2v) is 9.00. The van der Waals surface area contributed by atoms with Crippen molar-refractivity contribution < 1.29 is 34.5 Å². The number of phenolic OH excluding ortho intramolecular Hbond substituents is 1. The van der Waals surface area contributed by atoms with Gasteiger partial charge in [0.15, 0.2) is 0 Å². The van der Waals surface area contributed by atoms with Crippen LogP contribution in [0, 0.1) is 0 Å². The number of amides is 3. The molecule has 11 heteroatoms. The van der Waals surface area contributed by atoms with Crippen LogP contribution < -0.4 is 16.4 Å². The van der Waals surface area contributed by atoms with Crippen molar-refractivity contribution in [3.63, 3.8) is 0 Å². The molecule has 2 aromatic rings. The maximum atomic E-state index is 13.0. The van der Waals surface area contributed by atoms with Crippen molar-refractivity contribution in [1.82, 2.24) is 15.5 Å². The van der Waals surface area contributed by atoms with Crippen LogP contribution in [-0.2, 0) is 32.0 Å². The van der Waals surface area contributed by atoms with Gasteiger partial charge in [-0.15, -0.1) is 0 Å². The summed E-state index contributed by atoms with van der Waals surface area (Å²) in [5, 5.41) is 33.5. The van der Waals surface area contributed by atoms with E-state index in [2.05, 4.69) is 10.6 Å². The molecule has 2 aromatic carbocycles. The molecule has 0 saturated carbocycles. The zero-order chi connectivity index (χ0) is 26.9. The molecule has 0 aromatic heterocycles. The quantitative estimate of drug-likeness (QED) is 0.234. The number of carbonyl (C=O) groups is 4. The smallest absolute Gasteiger partial charge is 0.326 e. The highest BCUT2D eigenvalue weighted by Crippen LogP contribution is 2.20. The number of phenols is 1. The lowest BCUT2D eigenvalue weighted by Crippen LogP contribution is -2.58. The average molecular weight is 513 g/mol. The van der Waals surface area contributed by atoms with Crippen LogP contribution in [0.5, 0.6) is 5.75 Å². The Morgan fingerprint density at radius 3 is 2.22 bits per heavy atom. The molecule has 0 spiro atoms. The molecule has 3 rings (SSSR count). The number of hydrogen-bond donors (Lipinski definition) is 6. The molecule has 198 valence electrons. The van der Waals surface area contributed by atoms with E-state index in [9.17, 15) is 34.5 Å². The lowest BCUT2D eigenvalue weighted by Gasteiger charge is -2.28. The number of aliphatic hydroxyl groups is 1. The third-order valence-electron chi connectivity index (χ3n) is 6.26. The van der Waals surface area contributed by atoms with Crippen molar-refractivity contribution in [3.8, 4) is 5.75 Å². The van der Waals surface area contributed by atoms with E-state index < -0.39 is 54.5 Å². The molecule has 0 bridgehead atoms. The maximum Gasteiger partial charge on any atom is 0.326 e. The standard InChI is InChI=1S/C26H32N4O7/c27-19(13-17-8-10-18(32)11-9-17)25(35)30-12-4-7-22(30)24(34)29-21(15-31)23(33)28-20(26(36)37)14-16-5-2-1-3-6-16/h1-3,5-6,8-11,19-22,31-32H,4,7,12-15,27H2,(H,28,33)(H,29,34)(H,36,37). The molecule has 7 N–H and O–H groups in total. The average Bonchev–Trinajstić information content (AvgIpc) is 3.38. The molecule has 1 saturated heterocycles. The minimum Gasteiger partial charge on any atom is -0.508 e. The first kappa shape index (κ1) is 27.6. The SMILES string of the molecule is NC(Cc1ccc(O)cc1)C(=O)N1CCCC1C(=O)NC(CO)C(=O)NC(Cc1ccccc1)C(=O)O. The van der Waals surface area contributed by atoms with Crippen molar-refractivity contribution in [1.29, 1.82) is 0 Å². The third kappa shape index (κ3) is 7.51. The Morgan fingerprint density at radius 2 is 1.59 bits per heavy atom. The zero-order valence-corrected chi connectivity index (χ0v) is 20.2. The van der Waals surface area contributed by atoms with E-state index in [1.165, 1.54) is 17.0 Å². The monoisotopic (exact) mass is 512 g/mol. The minimum absolute atomic E-state index is 0.0256. The van der Waals surface area contributed by atoms with Crippen LogP contribution in [0.25, 0.3) is 0 Å². The van der Waals surface area contributed by atoms with Crippen LogP contribution in [0.15, 0.2) is 54.6 Å². The maximum absolute atomic E-state index is 13.0. The van der Waals surface area contributed by atoms with Crippen LogP contribution >= 0.6 is 0 Å². The Hall–Kier alpha value is -3.96. The molecule has 0 radical (unpaired) electrons. The summed E-state index contributed by atoms with van der Waals surface area (Å²) < 4.78 is 0. The molecular formula is C26H32N4O7. The van der Waals surface area contributed by atoms with Gasteiger partial charge in [-0.1, -0.05) is 42.5 Å². The summed E-state index contributed by atoms with van der Waals surface area (Å²) in [6.45, 7) is -0.440. The van der Waals surface area contributed by atoms with Crippen LogP contribution in [0.4, 0.5) is 0 Å². The molecule has 1 aliphatic rings. The van der Waals surface area contributed by atoms with Crippen molar-refractivity contribution in [2.24, 2.45) is 5.73 Å². The fourth-order valence-corrected chi connectivity index (χ4v) is 4.27. The second-order valence-electron chi connectivity index (χ2n) is 9.00. The van der Waals surface area contributed by atoms with Gasteiger partial charge in [-0.2, -0.15) is 0 Å². The predicted molar refractivity (Wildman–Crippen MR) is 133 cm³/mol. The van der Waals surface area contributed by atoms with Gasteiger partial charge in [0.1, 0.15) is 23.9 Å². The Balaban J connectivity index is 1.60. The zero-order valence-electron chi connectivity index (χ0n) is 20.2. The summed E-state index contributed by atoms with van der Waals surface area (Å²) in [7, 11) is 0. The first-order valence-corrected chi connectivity index (χ1v) is 12.0. The Labute approximate surface area is 214 Å². The first-order chi connectivity index (χ1) is 17.7. The summed E-state index contributed by atoms with van der Waals surface area (Å²) in [5.74, 6) is -3.07. The number of nitrogens with zero attached hydrogens (tertiary/aromatic N) is 1. The van der Waals surface area contributed by atoms with E-state index in [1.54, 1.807) is 42.5 Å².